The molecule has 162 valence electrons. The number of benzene rings is 3. The molecule has 2 N–H and O–H groups in total. The van der Waals surface area contributed by atoms with Gasteiger partial charge in [-0.3, -0.25) is 14.5 Å². The maximum Gasteiger partial charge on any atom is 0.240 e. The second-order valence-corrected chi connectivity index (χ2v) is 8.42. The van der Waals surface area contributed by atoms with Crippen molar-refractivity contribution >= 4 is 29.7 Å². The highest BCUT2D eigenvalue weighted by atomic mass is 35.5. The standard InChI is InChI=1S/C25H23ClN4OS/c1-17(23(18-8-4-2-5-9-18)19-10-6-3-7-11-19)27-22(31)16-30-24(28-29-25(30)32)20-12-14-21(26)15-13-20/h2-15,17,23H,16H2,1H3,(H,27,31)(H,29,32). The molecule has 32 heavy (non-hydrogen) atoms. The van der Waals surface area contributed by atoms with E-state index in [0.717, 1.165) is 16.7 Å². The van der Waals surface area contributed by atoms with Crippen molar-refractivity contribution in [2.24, 2.45) is 0 Å². The number of carbonyl (C=O) groups is 1. The molecule has 0 bridgehead atoms. The van der Waals surface area contributed by atoms with E-state index in [0.29, 0.717) is 15.6 Å². The Balaban J connectivity index is 1.55. The van der Waals surface area contributed by atoms with Crippen molar-refractivity contribution in [1.29, 1.82) is 0 Å². The van der Waals surface area contributed by atoms with E-state index in [1.165, 1.54) is 0 Å². The number of hydrogen-bond acceptors (Lipinski definition) is 3. The number of aromatic nitrogens is 3. The molecule has 0 aliphatic carbocycles. The zero-order valence-electron chi connectivity index (χ0n) is 17.5. The fourth-order valence-corrected chi connectivity index (χ4v) is 4.22. The first-order valence-electron chi connectivity index (χ1n) is 10.3. The van der Waals surface area contributed by atoms with Crippen molar-refractivity contribution in [3.05, 3.63) is 106 Å². The number of hydrogen-bond donors (Lipinski definition) is 2. The van der Waals surface area contributed by atoms with Crippen LogP contribution in [0.25, 0.3) is 11.4 Å². The number of rotatable bonds is 7. The van der Waals surface area contributed by atoms with Crippen LogP contribution in [0, 0.1) is 4.77 Å². The number of nitrogens with zero attached hydrogens (tertiary/aromatic N) is 2. The maximum atomic E-state index is 13.0. The summed E-state index contributed by atoms with van der Waals surface area (Å²) in [5.74, 6) is 0.480. The predicted molar refractivity (Wildman–Crippen MR) is 130 cm³/mol. The lowest BCUT2D eigenvalue weighted by Crippen LogP contribution is -2.39. The van der Waals surface area contributed by atoms with Gasteiger partial charge in [0.25, 0.3) is 0 Å². The minimum Gasteiger partial charge on any atom is -0.351 e. The number of halogens is 1. The Morgan fingerprint density at radius 2 is 1.56 bits per heavy atom. The molecule has 4 aromatic rings. The summed E-state index contributed by atoms with van der Waals surface area (Å²) in [6.07, 6.45) is 0. The number of aromatic amines is 1. The summed E-state index contributed by atoms with van der Waals surface area (Å²) in [6.45, 7) is 2.09. The first-order valence-corrected chi connectivity index (χ1v) is 11.1. The summed E-state index contributed by atoms with van der Waals surface area (Å²) >= 11 is 11.4. The molecular formula is C25H23ClN4OS. The molecule has 7 heteroatoms. The van der Waals surface area contributed by atoms with E-state index in [4.69, 9.17) is 23.8 Å². The summed E-state index contributed by atoms with van der Waals surface area (Å²) in [6, 6.07) is 27.5. The quantitative estimate of drug-likeness (QED) is 0.351. The second kappa shape index (κ2) is 9.94. The van der Waals surface area contributed by atoms with E-state index < -0.39 is 0 Å². The molecule has 1 heterocycles. The summed E-state index contributed by atoms with van der Waals surface area (Å²) in [7, 11) is 0. The first-order chi connectivity index (χ1) is 15.5. The van der Waals surface area contributed by atoms with Gasteiger partial charge < -0.3 is 5.32 Å². The van der Waals surface area contributed by atoms with E-state index in [1.807, 2.05) is 55.5 Å². The molecule has 0 saturated heterocycles. The highest BCUT2D eigenvalue weighted by Crippen LogP contribution is 2.28. The third-order valence-corrected chi connectivity index (χ3v) is 5.93. The molecule has 1 atom stereocenters. The van der Waals surface area contributed by atoms with Gasteiger partial charge in [-0.2, -0.15) is 5.10 Å². The second-order valence-electron chi connectivity index (χ2n) is 7.60. The fraction of sp³-hybridized carbons (Fsp3) is 0.160. The van der Waals surface area contributed by atoms with Crippen molar-refractivity contribution < 1.29 is 4.79 Å². The van der Waals surface area contributed by atoms with E-state index >= 15 is 0 Å². The minimum absolute atomic E-state index is 0.0226. The molecular weight excluding hydrogens is 440 g/mol. The van der Waals surface area contributed by atoms with Gasteiger partial charge >= 0.3 is 0 Å². The lowest BCUT2D eigenvalue weighted by molar-refractivity contribution is -0.122. The first kappa shape index (κ1) is 22.0. The normalized spacial score (nSPS) is 12.0. The number of nitrogens with one attached hydrogen (secondary N) is 2. The fourth-order valence-electron chi connectivity index (χ4n) is 3.90. The van der Waals surface area contributed by atoms with Crippen LogP contribution in [0.4, 0.5) is 0 Å². The highest BCUT2D eigenvalue weighted by Gasteiger charge is 2.23. The molecule has 0 saturated carbocycles. The average Bonchev–Trinajstić information content (AvgIpc) is 3.16. The van der Waals surface area contributed by atoms with Crippen LogP contribution in [0.3, 0.4) is 0 Å². The zero-order valence-corrected chi connectivity index (χ0v) is 19.1. The van der Waals surface area contributed by atoms with E-state index in [1.54, 1.807) is 16.7 Å². The summed E-state index contributed by atoms with van der Waals surface area (Å²) in [4.78, 5) is 13.0. The van der Waals surface area contributed by atoms with Crippen LogP contribution in [-0.2, 0) is 11.3 Å². The molecule has 0 aliphatic rings. The predicted octanol–water partition coefficient (Wildman–Crippen LogP) is 5.60. The molecule has 0 spiro atoms. The Hall–Kier alpha value is -3.22. The molecule has 1 amide bonds. The number of H-pyrrole nitrogens is 1. The van der Waals surface area contributed by atoms with Crippen molar-refractivity contribution in [2.45, 2.75) is 25.4 Å². The number of amides is 1. The van der Waals surface area contributed by atoms with E-state index in [2.05, 4.69) is 39.8 Å². The smallest absolute Gasteiger partial charge is 0.240 e. The van der Waals surface area contributed by atoms with Crippen LogP contribution in [0.5, 0.6) is 0 Å². The minimum atomic E-state index is -0.137. The van der Waals surface area contributed by atoms with Crippen LogP contribution in [0.15, 0.2) is 84.9 Å². The van der Waals surface area contributed by atoms with E-state index in [-0.39, 0.29) is 24.4 Å². The maximum absolute atomic E-state index is 13.0. The molecule has 0 fully saturated rings. The Kier molecular flexibility index (Phi) is 6.83. The van der Waals surface area contributed by atoms with Crippen molar-refractivity contribution in [3.8, 4) is 11.4 Å². The third-order valence-electron chi connectivity index (χ3n) is 5.37. The largest absolute Gasteiger partial charge is 0.351 e. The van der Waals surface area contributed by atoms with Gasteiger partial charge in [0.15, 0.2) is 10.6 Å². The van der Waals surface area contributed by atoms with Gasteiger partial charge in [0.1, 0.15) is 6.54 Å². The van der Waals surface area contributed by atoms with Gasteiger partial charge in [-0.1, -0.05) is 72.3 Å². The Labute approximate surface area is 197 Å². The Bertz CT molecular complexity index is 1200. The monoisotopic (exact) mass is 462 g/mol. The highest BCUT2D eigenvalue weighted by molar-refractivity contribution is 7.71. The van der Waals surface area contributed by atoms with Crippen molar-refractivity contribution in [2.75, 3.05) is 0 Å². The van der Waals surface area contributed by atoms with Gasteiger partial charge in [0.05, 0.1) is 0 Å². The van der Waals surface area contributed by atoms with Gasteiger partial charge in [0.2, 0.25) is 5.91 Å². The average molecular weight is 463 g/mol. The lowest BCUT2D eigenvalue weighted by Gasteiger charge is -2.26. The summed E-state index contributed by atoms with van der Waals surface area (Å²) in [5.41, 5.74) is 3.12. The van der Waals surface area contributed by atoms with Crippen LogP contribution < -0.4 is 5.32 Å². The third kappa shape index (κ3) is 4.98. The lowest BCUT2D eigenvalue weighted by atomic mass is 9.86. The molecule has 1 aromatic heterocycles. The number of carbonyl (C=O) groups excluding carboxylic acids is 1. The topological polar surface area (TPSA) is 62.7 Å². The molecule has 1 unspecified atom stereocenters. The van der Waals surface area contributed by atoms with Gasteiger partial charge in [-0.05, 0) is 54.5 Å². The SMILES string of the molecule is CC(NC(=O)Cn1c(-c2ccc(Cl)cc2)n[nH]c1=S)C(c1ccccc1)c1ccccc1. The van der Waals surface area contributed by atoms with Crippen molar-refractivity contribution in [1.82, 2.24) is 20.1 Å². The van der Waals surface area contributed by atoms with E-state index in [9.17, 15) is 4.79 Å². The van der Waals surface area contributed by atoms with Crippen LogP contribution in [0.1, 0.15) is 24.0 Å². The van der Waals surface area contributed by atoms with Crippen molar-refractivity contribution in [3.63, 3.8) is 0 Å². The Morgan fingerprint density at radius 3 is 2.12 bits per heavy atom. The molecule has 3 aromatic carbocycles. The van der Waals surface area contributed by atoms with Gasteiger partial charge in [-0.25, -0.2) is 0 Å². The molecule has 5 nitrogen and oxygen atoms in total. The molecule has 0 aliphatic heterocycles. The zero-order chi connectivity index (χ0) is 22.5. The van der Waals surface area contributed by atoms with Crippen LogP contribution in [-0.4, -0.2) is 26.7 Å². The van der Waals surface area contributed by atoms with Gasteiger partial charge in [-0.15, -0.1) is 0 Å². The Morgan fingerprint density at radius 1 is 1.00 bits per heavy atom. The molecule has 4 rings (SSSR count). The van der Waals surface area contributed by atoms with Gasteiger partial charge in [0, 0.05) is 22.5 Å². The summed E-state index contributed by atoms with van der Waals surface area (Å²) < 4.78 is 2.08. The summed E-state index contributed by atoms with van der Waals surface area (Å²) in [5, 5.41) is 10.9. The van der Waals surface area contributed by atoms with Crippen LogP contribution in [0.2, 0.25) is 5.02 Å². The van der Waals surface area contributed by atoms with Crippen LogP contribution >= 0.6 is 23.8 Å². The molecule has 0 radical (unpaired) electrons.